The SMILES string of the molecule is CC(C)(C)c1ccc(C(CN)NCCCO)s1. The minimum absolute atomic E-state index is 0.202. The first kappa shape index (κ1) is 14.6. The van der Waals surface area contributed by atoms with Crippen LogP contribution >= 0.6 is 11.3 Å². The molecule has 17 heavy (non-hydrogen) atoms. The summed E-state index contributed by atoms with van der Waals surface area (Å²) in [5, 5.41) is 12.1. The van der Waals surface area contributed by atoms with Crippen LogP contribution in [0.3, 0.4) is 0 Å². The highest BCUT2D eigenvalue weighted by Crippen LogP contribution is 2.32. The summed E-state index contributed by atoms with van der Waals surface area (Å²) in [7, 11) is 0. The fraction of sp³-hybridized carbons (Fsp3) is 0.692. The van der Waals surface area contributed by atoms with E-state index in [-0.39, 0.29) is 18.1 Å². The summed E-state index contributed by atoms with van der Waals surface area (Å²) in [6.07, 6.45) is 0.772. The number of nitrogens with one attached hydrogen (secondary N) is 1. The molecule has 0 bridgehead atoms. The Morgan fingerprint density at radius 2 is 2.12 bits per heavy atom. The van der Waals surface area contributed by atoms with Crippen molar-refractivity contribution in [3.8, 4) is 0 Å². The van der Waals surface area contributed by atoms with Crippen LogP contribution in [0.25, 0.3) is 0 Å². The smallest absolute Gasteiger partial charge is 0.0539 e. The molecule has 98 valence electrons. The Balaban J connectivity index is 2.66. The van der Waals surface area contributed by atoms with Crippen LogP contribution in [-0.4, -0.2) is 24.8 Å². The minimum atomic E-state index is 0.202. The molecule has 0 radical (unpaired) electrons. The number of rotatable bonds is 6. The van der Waals surface area contributed by atoms with Crippen LogP contribution in [0.5, 0.6) is 0 Å². The predicted octanol–water partition coefficient (Wildman–Crippen LogP) is 2.02. The van der Waals surface area contributed by atoms with E-state index in [1.807, 2.05) is 11.3 Å². The second-order valence-electron chi connectivity index (χ2n) is 5.27. The molecule has 0 aromatic carbocycles. The maximum atomic E-state index is 8.76. The highest BCUT2D eigenvalue weighted by atomic mass is 32.1. The van der Waals surface area contributed by atoms with Gasteiger partial charge in [-0.1, -0.05) is 20.8 Å². The van der Waals surface area contributed by atoms with Gasteiger partial charge >= 0.3 is 0 Å². The lowest BCUT2D eigenvalue weighted by Gasteiger charge is -2.17. The standard InChI is InChI=1S/C13H24N2OS/c1-13(2,3)12-6-5-11(17-12)10(9-14)15-7-4-8-16/h5-6,10,15-16H,4,7-9,14H2,1-3H3. The minimum Gasteiger partial charge on any atom is -0.396 e. The number of hydrogen-bond acceptors (Lipinski definition) is 4. The van der Waals surface area contributed by atoms with E-state index in [9.17, 15) is 0 Å². The average Bonchev–Trinajstić information content (AvgIpc) is 2.73. The second-order valence-corrected chi connectivity index (χ2v) is 6.39. The van der Waals surface area contributed by atoms with Crippen molar-refractivity contribution in [2.24, 2.45) is 5.73 Å². The fourth-order valence-corrected chi connectivity index (χ4v) is 2.75. The number of nitrogens with two attached hydrogens (primary N) is 1. The molecule has 0 aliphatic heterocycles. The van der Waals surface area contributed by atoms with Crippen LogP contribution in [0.1, 0.15) is 43.0 Å². The Kier molecular flexibility index (Phi) is 5.59. The summed E-state index contributed by atoms with van der Waals surface area (Å²) >= 11 is 1.83. The zero-order valence-corrected chi connectivity index (χ0v) is 11.8. The molecule has 4 heteroatoms. The van der Waals surface area contributed by atoms with Crippen LogP contribution in [0, 0.1) is 0 Å². The van der Waals surface area contributed by atoms with Crippen molar-refractivity contribution in [2.75, 3.05) is 19.7 Å². The topological polar surface area (TPSA) is 58.3 Å². The molecule has 1 rings (SSSR count). The van der Waals surface area contributed by atoms with Crippen molar-refractivity contribution in [1.82, 2.24) is 5.32 Å². The molecule has 0 aliphatic rings. The Morgan fingerprint density at radius 3 is 2.59 bits per heavy atom. The van der Waals surface area contributed by atoms with Gasteiger partial charge < -0.3 is 16.2 Å². The summed E-state index contributed by atoms with van der Waals surface area (Å²) in [5.74, 6) is 0. The highest BCUT2D eigenvalue weighted by molar-refractivity contribution is 7.12. The van der Waals surface area contributed by atoms with Gasteiger partial charge in [0.05, 0.1) is 6.04 Å². The molecule has 1 heterocycles. The fourth-order valence-electron chi connectivity index (χ4n) is 1.60. The number of aliphatic hydroxyl groups excluding tert-OH is 1. The third-order valence-electron chi connectivity index (χ3n) is 2.67. The Morgan fingerprint density at radius 1 is 1.41 bits per heavy atom. The molecular formula is C13H24N2OS. The van der Waals surface area contributed by atoms with Gasteiger partial charge in [-0.3, -0.25) is 0 Å². The number of hydrogen-bond donors (Lipinski definition) is 3. The Bertz CT molecular complexity index is 330. The third kappa shape index (κ3) is 4.39. The van der Waals surface area contributed by atoms with Gasteiger partial charge in [-0.25, -0.2) is 0 Å². The van der Waals surface area contributed by atoms with Crippen molar-refractivity contribution in [2.45, 2.75) is 38.6 Å². The Labute approximate surface area is 108 Å². The van der Waals surface area contributed by atoms with Gasteiger partial charge in [0.2, 0.25) is 0 Å². The van der Waals surface area contributed by atoms with E-state index in [1.165, 1.54) is 9.75 Å². The number of thiophene rings is 1. The van der Waals surface area contributed by atoms with Gasteiger partial charge in [-0.05, 0) is 30.5 Å². The van der Waals surface area contributed by atoms with E-state index in [4.69, 9.17) is 10.8 Å². The van der Waals surface area contributed by atoms with Gasteiger partial charge in [0, 0.05) is 22.9 Å². The zero-order chi connectivity index (χ0) is 12.9. The van der Waals surface area contributed by atoms with Crippen LogP contribution < -0.4 is 11.1 Å². The molecule has 3 nitrogen and oxygen atoms in total. The van der Waals surface area contributed by atoms with E-state index in [0.717, 1.165) is 13.0 Å². The molecule has 0 saturated heterocycles. The highest BCUT2D eigenvalue weighted by Gasteiger charge is 2.18. The zero-order valence-electron chi connectivity index (χ0n) is 11.0. The number of aliphatic hydroxyl groups is 1. The molecule has 0 amide bonds. The summed E-state index contributed by atoms with van der Waals surface area (Å²) in [4.78, 5) is 2.67. The first-order valence-electron chi connectivity index (χ1n) is 6.13. The first-order valence-corrected chi connectivity index (χ1v) is 6.95. The van der Waals surface area contributed by atoms with E-state index in [0.29, 0.717) is 6.54 Å². The van der Waals surface area contributed by atoms with Crippen LogP contribution in [0.15, 0.2) is 12.1 Å². The summed E-state index contributed by atoms with van der Waals surface area (Å²) in [6.45, 7) is 8.29. The molecule has 1 aromatic heterocycles. The molecule has 0 spiro atoms. The average molecular weight is 256 g/mol. The molecular weight excluding hydrogens is 232 g/mol. The van der Waals surface area contributed by atoms with Crippen molar-refractivity contribution < 1.29 is 5.11 Å². The second kappa shape index (κ2) is 6.50. The first-order chi connectivity index (χ1) is 7.99. The van der Waals surface area contributed by atoms with Gasteiger partial charge in [-0.2, -0.15) is 0 Å². The van der Waals surface area contributed by atoms with Crippen LogP contribution in [0.2, 0.25) is 0 Å². The van der Waals surface area contributed by atoms with E-state index >= 15 is 0 Å². The Hall–Kier alpha value is -0.420. The lowest BCUT2D eigenvalue weighted by atomic mass is 9.95. The maximum absolute atomic E-state index is 8.76. The quantitative estimate of drug-likeness (QED) is 0.683. The summed E-state index contributed by atoms with van der Waals surface area (Å²) in [6, 6.07) is 4.56. The lowest BCUT2D eigenvalue weighted by Crippen LogP contribution is -2.28. The van der Waals surface area contributed by atoms with Crippen molar-refractivity contribution in [3.05, 3.63) is 21.9 Å². The largest absolute Gasteiger partial charge is 0.396 e. The van der Waals surface area contributed by atoms with Crippen LogP contribution in [0.4, 0.5) is 0 Å². The molecule has 0 fully saturated rings. The van der Waals surface area contributed by atoms with Crippen molar-refractivity contribution >= 4 is 11.3 Å². The molecule has 4 N–H and O–H groups in total. The molecule has 0 saturated carbocycles. The molecule has 0 aliphatic carbocycles. The summed E-state index contributed by atoms with van der Waals surface area (Å²) in [5.41, 5.74) is 5.99. The van der Waals surface area contributed by atoms with Crippen molar-refractivity contribution in [3.63, 3.8) is 0 Å². The van der Waals surface area contributed by atoms with Gasteiger partial charge in [-0.15, -0.1) is 11.3 Å². The molecule has 1 unspecified atom stereocenters. The van der Waals surface area contributed by atoms with E-state index in [2.05, 4.69) is 38.2 Å². The molecule has 1 atom stereocenters. The van der Waals surface area contributed by atoms with Crippen LogP contribution in [-0.2, 0) is 5.41 Å². The predicted molar refractivity (Wildman–Crippen MR) is 74.5 cm³/mol. The lowest BCUT2D eigenvalue weighted by molar-refractivity contribution is 0.283. The van der Waals surface area contributed by atoms with Crippen molar-refractivity contribution in [1.29, 1.82) is 0 Å². The maximum Gasteiger partial charge on any atom is 0.0539 e. The van der Waals surface area contributed by atoms with E-state index < -0.39 is 0 Å². The normalized spacial score (nSPS) is 13.9. The van der Waals surface area contributed by atoms with Gasteiger partial charge in [0.1, 0.15) is 0 Å². The van der Waals surface area contributed by atoms with Gasteiger partial charge in [0.15, 0.2) is 0 Å². The van der Waals surface area contributed by atoms with E-state index in [1.54, 1.807) is 0 Å². The van der Waals surface area contributed by atoms with Gasteiger partial charge in [0.25, 0.3) is 0 Å². The third-order valence-corrected chi connectivity index (χ3v) is 4.30. The monoisotopic (exact) mass is 256 g/mol. The summed E-state index contributed by atoms with van der Waals surface area (Å²) < 4.78 is 0. The molecule has 1 aromatic rings.